The molecule has 0 aliphatic carbocycles. The Morgan fingerprint density at radius 1 is 0.633 bits per heavy atom. The fourth-order valence-corrected chi connectivity index (χ4v) is 6.26. The average Bonchev–Trinajstić information content (AvgIpc) is 3.15. The SMILES string of the molecule is O=C1CC(c2ccc(O[C@@H]3C[C@@H](OCc4ccccc4)[C@H](OCc4ccccc4)[C@@H](COCc4ccccc4)O3)cc2)Oc2ccccc21. The van der Waals surface area contributed by atoms with E-state index >= 15 is 0 Å². The van der Waals surface area contributed by atoms with Gasteiger partial charge in [-0.1, -0.05) is 115 Å². The van der Waals surface area contributed by atoms with Gasteiger partial charge in [0, 0.05) is 6.42 Å². The molecule has 0 saturated carbocycles. The van der Waals surface area contributed by atoms with Crippen LogP contribution in [0.3, 0.4) is 0 Å². The summed E-state index contributed by atoms with van der Waals surface area (Å²) < 4.78 is 38.6. The van der Waals surface area contributed by atoms with Crippen molar-refractivity contribution in [3.63, 3.8) is 0 Å². The molecule has 2 aliphatic heterocycles. The van der Waals surface area contributed by atoms with Crippen molar-refractivity contribution in [2.75, 3.05) is 6.61 Å². The second-order valence-electron chi connectivity index (χ2n) is 12.4. The first-order chi connectivity index (χ1) is 24.2. The highest BCUT2D eigenvalue weighted by Gasteiger charge is 2.42. The van der Waals surface area contributed by atoms with Crippen molar-refractivity contribution in [2.24, 2.45) is 0 Å². The normalized spacial score (nSPS) is 21.8. The van der Waals surface area contributed by atoms with Crippen LogP contribution >= 0.6 is 0 Å². The number of carbonyl (C=O) groups excluding carboxylic acids is 1. The van der Waals surface area contributed by atoms with Gasteiger partial charge in [-0.05, 0) is 46.5 Å². The zero-order valence-corrected chi connectivity index (χ0v) is 27.3. The van der Waals surface area contributed by atoms with Gasteiger partial charge in [0.2, 0.25) is 6.29 Å². The van der Waals surface area contributed by atoms with E-state index in [9.17, 15) is 4.79 Å². The van der Waals surface area contributed by atoms with Gasteiger partial charge in [0.1, 0.15) is 29.8 Å². The Labute approximate surface area is 287 Å². The molecule has 0 spiro atoms. The van der Waals surface area contributed by atoms with Crippen LogP contribution in [0, 0.1) is 0 Å². The Balaban J connectivity index is 1.07. The van der Waals surface area contributed by atoms with Gasteiger partial charge in [-0.15, -0.1) is 0 Å². The third-order valence-corrected chi connectivity index (χ3v) is 8.82. The average molecular weight is 657 g/mol. The molecule has 1 saturated heterocycles. The monoisotopic (exact) mass is 656 g/mol. The number of Topliss-reactive ketones (excluding diaryl/α,β-unsaturated/α-hetero) is 1. The van der Waals surface area contributed by atoms with Crippen molar-refractivity contribution in [3.8, 4) is 11.5 Å². The van der Waals surface area contributed by atoms with Crippen LogP contribution in [0.15, 0.2) is 140 Å². The van der Waals surface area contributed by atoms with Crippen molar-refractivity contribution < 1.29 is 33.2 Å². The number of fused-ring (bicyclic) bond motifs is 1. The van der Waals surface area contributed by atoms with E-state index in [1.54, 1.807) is 0 Å². The predicted octanol–water partition coefficient (Wildman–Crippen LogP) is 8.27. The summed E-state index contributed by atoms with van der Waals surface area (Å²) in [4.78, 5) is 12.8. The Hall–Kier alpha value is -4.79. The topological polar surface area (TPSA) is 72.5 Å². The van der Waals surface area contributed by atoms with Crippen molar-refractivity contribution >= 4 is 5.78 Å². The zero-order chi connectivity index (χ0) is 33.3. The predicted molar refractivity (Wildman–Crippen MR) is 185 cm³/mol. The van der Waals surface area contributed by atoms with E-state index in [0.29, 0.717) is 56.3 Å². The second-order valence-corrected chi connectivity index (χ2v) is 12.4. The number of hydrogen-bond donors (Lipinski definition) is 0. The Morgan fingerprint density at radius 2 is 1.22 bits per heavy atom. The molecule has 5 atom stereocenters. The lowest BCUT2D eigenvalue weighted by Crippen LogP contribution is -2.53. The minimum absolute atomic E-state index is 0.0777. The van der Waals surface area contributed by atoms with E-state index in [1.807, 2.05) is 127 Å². The summed E-state index contributed by atoms with van der Waals surface area (Å²) >= 11 is 0. The zero-order valence-electron chi connectivity index (χ0n) is 27.3. The fourth-order valence-electron chi connectivity index (χ4n) is 6.26. The smallest absolute Gasteiger partial charge is 0.202 e. The minimum atomic E-state index is -0.604. The lowest BCUT2D eigenvalue weighted by Gasteiger charge is -2.41. The van der Waals surface area contributed by atoms with Crippen LogP contribution in [0.25, 0.3) is 0 Å². The largest absolute Gasteiger partial charge is 0.484 e. The molecule has 0 bridgehead atoms. The molecule has 7 nitrogen and oxygen atoms in total. The van der Waals surface area contributed by atoms with Crippen molar-refractivity contribution in [2.45, 2.75) is 63.4 Å². The first-order valence-electron chi connectivity index (χ1n) is 16.8. The standard InChI is InChI=1S/C42H40O7/c43-36-24-38(48-37-19-11-10-18-35(36)37)33-20-22-34(23-21-33)47-41-25-39(45-27-31-14-6-2-7-15-31)42(46-28-32-16-8-3-9-17-32)40(49-41)29-44-26-30-12-4-1-5-13-30/h1-23,38-42H,24-29H2/t38?,39-,40-,41+,42+/m1/s1. The minimum Gasteiger partial charge on any atom is -0.484 e. The van der Waals surface area contributed by atoms with Crippen LogP contribution in [0.5, 0.6) is 11.5 Å². The summed E-state index contributed by atoms with van der Waals surface area (Å²) in [6.45, 7) is 1.59. The van der Waals surface area contributed by atoms with Crippen LogP contribution in [-0.4, -0.2) is 37.0 Å². The molecule has 0 N–H and O–H groups in total. The molecule has 2 aliphatic rings. The molecule has 2 heterocycles. The van der Waals surface area contributed by atoms with Crippen LogP contribution < -0.4 is 9.47 Å². The van der Waals surface area contributed by atoms with E-state index in [0.717, 1.165) is 22.3 Å². The van der Waals surface area contributed by atoms with E-state index < -0.39 is 18.5 Å². The van der Waals surface area contributed by atoms with Crippen molar-refractivity contribution in [1.82, 2.24) is 0 Å². The van der Waals surface area contributed by atoms with Gasteiger partial charge in [-0.2, -0.15) is 0 Å². The number of ketones is 1. The third kappa shape index (κ3) is 8.63. The first-order valence-corrected chi connectivity index (χ1v) is 16.8. The van der Waals surface area contributed by atoms with E-state index in [4.69, 9.17) is 28.4 Å². The molecule has 0 amide bonds. The van der Waals surface area contributed by atoms with Gasteiger partial charge in [0.25, 0.3) is 0 Å². The summed E-state index contributed by atoms with van der Waals surface area (Å²) in [6.07, 6.45) is -1.38. The quantitative estimate of drug-likeness (QED) is 0.126. The second kappa shape index (κ2) is 16.1. The molecule has 0 aromatic heterocycles. The number of hydrogen-bond acceptors (Lipinski definition) is 7. The van der Waals surface area contributed by atoms with Crippen LogP contribution in [-0.2, 0) is 38.8 Å². The Kier molecular flexibility index (Phi) is 10.7. The number of rotatable bonds is 13. The summed E-state index contributed by atoms with van der Waals surface area (Å²) in [5.41, 5.74) is 4.76. The number of para-hydroxylation sites is 1. The summed E-state index contributed by atoms with van der Waals surface area (Å²) in [5.74, 6) is 1.34. The van der Waals surface area contributed by atoms with E-state index in [1.165, 1.54) is 0 Å². The van der Waals surface area contributed by atoms with Gasteiger partial charge in [-0.3, -0.25) is 4.79 Å². The molecule has 250 valence electrons. The molecule has 7 rings (SSSR count). The maximum Gasteiger partial charge on any atom is 0.202 e. The molecule has 7 heteroatoms. The van der Waals surface area contributed by atoms with Crippen molar-refractivity contribution in [1.29, 1.82) is 0 Å². The Bertz CT molecular complexity index is 1760. The van der Waals surface area contributed by atoms with E-state index in [-0.39, 0.29) is 18.0 Å². The fraction of sp³-hybridized carbons (Fsp3) is 0.262. The lowest BCUT2D eigenvalue weighted by molar-refractivity contribution is -0.257. The third-order valence-electron chi connectivity index (χ3n) is 8.82. The molecule has 1 unspecified atom stereocenters. The van der Waals surface area contributed by atoms with E-state index in [2.05, 4.69) is 12.1 Å². The summed E-state index contributed by atoms with van der Waals surface area (Å²) in [7, 11) is 0. The lowest BCUT2D eigenvalue weighted by atomic mass is 9.96. The van der Waals surface area contributed by atoms with Crippen LogP contribution in [0.1, 0.15) is 51.6 Å². The number of benzene rings is 5. The maximum atomic E-state index is 12.8. The highest BCUT2D eigenvalue weighted by Crippen LogP contribution is 2.36. The number of ether oxygens (including phenoxy) is 6. The molecular weight excluding hydrogens is 616 g/mol. The van der Waals surface area contributed by atoms with Gasteiger partial charge in [0.15, 0.2) is 5.78 Å². The van der Waals surface area contributed by atoms with Crippen LogP contribution in [0.4, 0.5) is 0 Å². The summed E-state index contributed by atoms with van der Waals surface area (Å²) in [6, 6.07) is 45.4. The molecule has 49 heavy (non-hydrogen) atoms. The van der Waals surface area contributed by atoms with Crippen LogP contribution in [0.2, 0.25) is 0 Å². The Morgan fingerprint density at radius 3 is 1.90 bits per heavy atom. The van der Waals surface area contributed by atoms with Gasteiger partial charge < -0.3 is 28.4 Å². The maximum absolute atomic E-state index is 12.8. The number of carbonyl (C=O) groups is 1. The summed E-state index contributed by atoms with van der Waals surface area (Å²) in [5, 5.41) is 0. The molecule has 0 radical (unpaired) electrons. The first kappa shape index (κ1) is 32.7. The molecule has 5 aromatic rings. The highest BCUT2D eigenvalue weighted by atomic mass is 16.7. The van der Waals surface area contributed by atoms with Crippen molar-refractivity contribution in [3.05, 3.63) is 167 Å². The van der Waals surface area contributed by atoms with Gasteiger partial charge >= 0.3 is 0 Å². The molecule has 5 aromatic carbocycles. The van der Waals surface area contributed by atoms with Gasteiger partial charge in [-0.25, -0.2) is 0 Å². The molecular formula is C42H40O7. The van der Waals surface area contributed by atoms with Gasteiger partial charge in [0.05, 0.1) is 44.5 Å². The highest BCUT2D eigenvalue weighted by molar-refractivity contribution is 5.99. The molecule has 1 fully saturated rings.